The molecule has 0 saturated heterocycles. The third kappa shape index (κ3) is 6.95. The molecule has 0 aliphatic carbocycles. The number of carboxylic acids is 1. The maximum Gasteiger partial charge on any atom is 0.319 e. The van der Waals surface area contributed by atoms with E-state index in [-0.39, 0.29) is 12.3 Å². The van der Waals surface area contributed by atoms with Crippen LogP contribution in [0, 0.1) is 0 Å². The van der Waals surface area contributed by atoms with Gasteiger partial charge in [0.1, 0.15) is 0 Å². The lowest BCUT2D eigenvalue weighted by Gasteiger charge is -2.25. The predicted molar refractivity (Wildman–Crippen MR) is 92.1 cm³/mol. The van der Waals surface area contributed by atoms with Crippen molar-refractivity contribution in [1.29, 1.82) is 0 Å². The molecule has 0 unspecified atom stereocenters. The molecule has 1 aromatic carbocycles. The number of aliphatic carboxylic acids is 1. The molecule has 0 bridgehead atoms. The summed E-state index contributed by atoms with van der Waals surface area (Å²) in [4.78, 5) is 34.3. The number of carbonyl (C=O) groups excluding carboxylic acids is 2. The smallest absolute Gasteiger partial charge is 0.319 e. The molecule has 0 aliphatic rings. The molecule has 0 radical (unpaired) electrons. The second kappa shape index (κ2) is 8.71. The number of amides is 3. The maximum atomic E-state index is 12.0. The number of hydrogen-bond acceptors (Lipinski definition) is 3. The molecule has 0 spiro atoms. The van der Waals surface area contributed by atoms with Crippen LogP contribution in [0.4, 0.5) is 10.5 Å². The molecular formula is C17H23N3O4. The van der Waals surface area contributed by atoms with Crippen molar-refractivity contribution in [3.05, 3.63) is 42.5 Å². The molecule has 24 heavy (non-hydrogen) atoms. The molecule has 1 rings (SSSR count). The molecule has 7 nitrogen and oxygen atoms in total. The number of hydrogen-bond donors (Lipinski definition) is 4. The summed E-state index contributed by atoms with van der Waals surface area (Å²) in [5.41, 5.74) is 0.360. The standard InChI is InChI=1S/C17H23N3O4/c1-4-11-18-15(23)12-5-7-13(8-6-12)19-16(24)20-17(2,3)10-9-14(21)22/h4-8H,1,9-11H2,2-3H3,(H,18,23)(H,21,22)(H2,19,20,24). The molecule has 0 saturated carbocycles. The molecule has 0 aliphatic heterocycles. The lowest BCUT2D eigenvalue weighted by Crippen LogP contribution is -2.45. The average molecular weight is 333 g/mol. The van der Waals surface area contributed by atoms with E-state index in [0.717, 1.165) is 0 Å². The van der Waals surface area contributed by atoms with E-state index in [1.54, 1.807) is 44.2 Å². The topological polar surface area (TPSA) is 108 Å². The van der Waals surface area contributed by atoms with E-state index in [2.05, 4.69) is 22.5 Å². The Hall–Kier alpha value is -2.83. The van der Waals surface area contributed by atoms with Crippen LogP contribution in [0.25, 0.3) is 0 Å². The quantitative estimate of drug-likeness (QED) is 0.548. The Labute approximate surface area is 141 Å². The van der Waals surface area contributed by atoms with E-state index in [1.165, 1.54) is 0 Å². The van der Waals surface area contributed by atoms with Gasteiger partial charge in [-0.25, -0.2) is 4.79 Å². The van der Waals surface area contributed by atoms with E-state index >= 15 is 0 Å². The second-order valence-electron chi connectivity index (χ2n) is 5.93. The minimum absolute atomic E-state index is 0.0260. The first-order valence-corrected chi connectivity index (χ1v) is 7.53. The lowest BCUT2D eigenvalue weighted by atomic mass is 9.99. The Morgan fingerprint density at radius 2 is 1.83 bits per heavy atom. The number of benzene rings is 1. The van der Waals surface area contributed by atoms with Gasteiger partial charge in [0, 0.05) is 29.8 Å². The van der Waals surface area contributed by atoms with Gasteiger partial charge in [0.05, 0.1) is 0 Å². The largest absolute Gasteiger partial charge is 0.481 e. The van der Waals surface area contributed by atoms with Crippen molar-refractivity contribution in [2.45, 2.75) is 32.2 Å². The molecule has 0 atom stereocenters. The molecule has 3 amide bonds. The summed E-state index contributed by atoms with van der Waals surface area (Å²) in [6.45, 7) is 7.41. The van der Waals surface area contributed by atoms with E-state index in [0.29, 0.717) is 24.2 Å². The number of carbonyl (C=O) groups is 3. The first-order valence-electron chi connectivity index (χ1n) is 7.53. The zero-order chi connectivity index (χ0) is 18.2. The Kier molecular flexibility index (Phi) is 6.98. The minimum atomic E-state index is -0.907. The van der Waals surface area contributed by atoms with Gasteiger partial charge < -0.3 is 21.1 Å². The highest BCUT2D eigenvalue weighted by Crippen LogP contribution is 2.13. The summed E-state index contributed by atoms with van der Waals surface area (Å²) < 4.78 is 0. The summed E-state index contributed by atoms with van der Waals surface area (Å²) in [6.07, 6.45) is 1.88. The van der Waals surface area contributed by atoms with Gasteiger partial charge in [0.2, 0.25) is 0 Å². The second-order valence-corrected chi connectivity index (χ2v) is 5.93. The van der Waals surface area contributed by atoms with Gasteiger partial charge in [-0.05, 0) is 44.5 Å². The van der Waals surface area contributed by atoms with Crippen LogP contribution in [0.15, 0.2) is 36.9 Å². The molecule has 1 aromatic rings. The molecule has 0 fully saturated rings. The van der Waals surface area contributed by atoms with Crippen molar-refractivity contribution >= 4 is 23.6 Å². The highest BCUT2D eigenvalue weighted by atomic mass is 16.4. The molecule has 130 valence electrons. The zero-order valence-corrected chi connectivity index (χ0v) is 13.9. The van der Waals surface area contributed by atoms with Crippen molar-refractivity contribution in [2.24, 2.45) is 0 Å². The Morgan fingerprint density at radius 1 is 1.21 bits per heavy atom. The van der Waals surface area contributed by atoms with E-state index in [9.17, 15) is 14.4 Å². The van der Waals surface area contributed by atoms with Crippen LogP contribution in [0.5, 0.6) is 0 Å². The molecule has 7 heteroatoms. The molecular weight excluding hydrogens is 310 g/mol. The van der Waals surface area contributed by atoms with Crippen LogP contribution < -0.4 is 16.0 Å². The Bertz CT molecular complexity index is 609. The maximum absolute atomic E-state index is 12.0. The fraction of sp³-hybridized carbons (Fsp3) is 0.353. The normalized spacial score (nSPS) is 10.6. The number of nitrogens with one attached hydrogen (secondary N) is 3. The Morgan fingerprint density at radius 3 is 2.38 bits per heavy atom. The van der Waals surface area contributed by atoms with Gasteiger partial charge in [0.15, 0.2) is 0 Å². The fourth-order valence-electron chi connectivity index (χ4n) is 1.92. The average Bonchev–Trinajstić information content (AvgIpc) is 2.51. The zero-order valence-electron chi connectivity index (χ0n) is 13.9. The van der Waals surface area contributed by atoms with Crippen LogP contribution in [-0.2, 0) is 4.79 Å². The summed E-state index contributed by atoms with van der Waals surface area (Å²) in [5.74, 6) is -1.13. The van der Waals surface area contributed by atoms with Gasteiger partial charge in [-0.15, -0.1) is 6.58 Å². The number of urea groups is 1. The highest BCUT2D eigenvalue weighted by molar-refractivity contribution is 5.95. The summed E-state index contributed by atoms with van der Waals surface area (Å²) in [6, 6.07) is 6.00. The predicted octanol–water partition coefficient (Wildman–Crippen LogP) is 2.37. The summed E-state index contributed by atoms with van der Waals surface area (Å²) in [7, 11) is 0. The van der Waals surface area contributed by atoms with E-state index < -0.39 is 17.5 Å². The van der Waals surface area contributed by atoms with E-state index in [4.69, 9.17) is 5.11 Å². The Balaban J connectivity index is 2.56. The highest BCUT2D eigenvalue weighted by Gasteiger charge is 2.21. The van der Waals surface area contributed by atoms with Crippen LogP contribution >= 0.6 is 0 Å². The van der Waals surface area contributed by atoms with Gasteiger partial charge in [0.25, 0.3) is 5.91 Å². The monoisotopic (exact) mass is 333 g/mol. The molecule has 0 aromatic heterocycles. The van der Waals surface area contributed by atoms with Crippen molar-refractivity contribution in [1.82, 2.24) is 10.6 Å². The third-order valence-corrected chi connectivity index (χ3v) is 3.23. The van der Waals surface area contributed by atoms with Crippen LogP contribution in [0.1, 0.15) is 37.0 Å². The van der Waals surface area contributed by atoms with E-state index in [1.807, 2.05) is 0 Å². The van der Waals surface area contributed by atoms with Crippen molar-refractivity contribution in [3.8, 4) is 0 Å². The number of anilines is 1. The lowest BCUT2D eigenvalue weighted by molar-refractivity contribution is -0.137. The summed E-state index contributed by atoms with van der Waals surface area (Å²) >= 11 is 0. The number of carboxylic acid groups (broad SMARTS) is 1. The minimum Gasteiger partial charge on any atom is -0.481 e. The molecule has 0 heterocycles. The first kappa shape index (κ1) is 19.2. The fourth-order valence-corrected chi connectivity index (χ4v) is 1.92. The molecule has 4 N–H and O–H groups in total. The van der Waals surface area contributed by atoms with Crippen molar-refractivity contribution in [3.63, 3.8) is 0 Å². The third-order valence-electron chi connectivity index (χ3n) is 3.23. The van der Waals surface area contributed by atoms with Gasteiger partial charge in [-0.2, -0.15) is 0 Å². The van der Waals surface area contributed by atoms with Gasteiger partial charge in [-0.1, -0.05) is 6.08 Å². The summed E-state index contributed by atoms with van der Waals surface area (Å²) in [5, 5.41) is 16.7. The van der Waals surface area contributed by atoms with Gasteiger partial charge in [-0.3, -0.25) is 9.59 Å². The first-order chi connectivity index (χ1) is 11.2. The van der Waals surface area contributed by atoms with Crippen LogP contribution in [0.2, 0.25) is 0 Å². The van der Waals surface area contributed by atoms with Crippen LogP contribution in [0.3, 0.4) is 0 Å². The number of rotatable bonds is 8. The van der Waals surface area contributed by atoms with Gasteiger partial charge >= 0.3 is 12.0 Å². The van der Waals surface area contributed by atoms with Crippen molar-refractivity contribution in [2.75, 3.05) is 11.9 Å². The SMILES string of the molecule is C=CCNC(=O)c1ccc(NC(=O)NC(C)(C)CCC(=O)O)cc1. The van der Waals surface area contributed by atoms with Crippen molar-refractivity contribution < 1.29 is 19.5 Å². The van der Waals surface area contributed by atoms with Crippen LogP contribution in [-0.4, -0.2) is 35.1 Å².